The molecule has 9 nitrogen and oxygen atoms in total. The summed E-state index contributed by atoms with van der Waals surface area (Å²) < 4.78 is 60.8. The summed E-state index contributed by atoms with van der Waals surface area (Å²) >= 11 is 0. The maximum atomic E-state index is 7.07. The van der Waals surface area contributed by atoms with Crippen LogP contribution in [0.1, 0.15) is 40.7 Å². The zero-order valence-electron chi connectivity index (χ0n) is 35.6. The van der Waals surface area contributed by atoms with Crippen molar-refractivity contribution in [1.29, 1.82) is 0 Å². The van der Waals surface area contributed by atoms with Gasteiger partial charge in [-0.3, -0.25) is 0 Å². The number of hydrogen-bond donors (Lipinski definition) is 0. The molecule has 0 saturated carbocycles. The van der Waals surface area contributed by atoms with E-state index >= 15 is 0 Å². The van der Waals surface area contributed by atoms with Crippen LogP contribution in [0.15, 0.2) is 176 Å². The van der Waals surface area contributed by atoms with Crippen molar-refractivity contribution in [2.24, 2.45) is 0 Å². The molecule has 0 radical (unpaired) electrons. The molecule has 0 aromatic heterocycles. The molecule has 63 heavy (non-hydrogen) atoms. The lowest BCUT2D eigenvalue weighted by molar-refractivity contribution is -0.300. The highest BCUT2D eigenvalue weighted by atomic mass is 16.6. The molecule has 9 heteroatoms. The molecule has 2 fully saturated rings. The van der Waals surface area contributed by atoms with E-state index in [2.05, 4.69) is 85.0 Å². The molecule has 0 aliphatic carbocycles. The van der Waals surface area contributed by atoms with Gasteiger partial charge in [0.05, 0.1) is 58.0 Å². The molecule has 328 valence electrons. The second kappa shape index (κ2) is 22.2. The van der Waals surface area contributed by atoms with E-state index in [4.69, 9.17) is 42.6 Å². The smallest absolute Gasteiger partial charge is 0.115 e. The summed E-state index contributed by atoms with van der Waals surface area (Å²) in [6.07, 6.45) is 5.50. The number of hydrogen-bond acceptors (Lipinski definition) is 9. The van der Waals surface area contributed by atoms with E-state index in [0.29, 0.717) is 59.1 Å². The van der Waals surface area contributed by atoms with Gasteiger partial charge in [-0.1, -0.05) is 176 Å². The molecule has 9 rings (SSSR count). The minimum absolute atomic E-state index is 0.299. The summed E-state index contributed by atoms with van der Waals surface area (Å²) in [6, 6.07) is 51.1. The Labute approximate surface area is 371 Å². The van der Waals surface area contributed by atoms with Gasteiger partial charge in [0.1, 0.15) is 48.8 Å². The van der Waals surface area contributed by atoms with E-state index in [9.17, 15) is 0 Å². The van der Waals surface area contributed by atoms with Crippen LogP contribution in [-0.2, 0) is 75.7 Å². The van der Waals surface area contributed by atoms with Crippen molar-refractivity contribution in [3.63, 3.8) is 0 Å². The van der Waals surface area contributed by atoms with Crippen molar-refractivity contribution in [2.45, 2.75) is 113 Å². The van der Waals surface area contributed by atoms with Crippen LogP contribution in [0.4, 0.5) is 0 Å². The number of ether oxygens (including phenoxy) is 9. The Balaban J connectivity index is 0.938. The Kier molecular flexibility index (Phi) is 15.3. The fourth-order valence-corrected chi connectivity index (χ4v) is 8.84. The fourth-order valence-electron chi connectivity index (χ4n) is 8.84. The normalized spacial score (nSPS) is 28.9. The van der Waals surface area contributed by atoms with Gasteiger partial charge in [-0.2, -0.15) is 0 Å². The Hall–Kier alpha value is -4.78. The van der Waals surface area contributed by atoms with Crippen molar-refractivity contribution >= 4 is 0 Å². The average Bonchev–Trinajstić information content (AvgIpc) is 3.60. The van der Waals surface area contributed by atoms with Crippen LogP contribution in [0, 0.1) is 0 Å². The third-order valence-corrected chi connectivity index (χ3v) is 12.1. The lowest BCUT2D eigenvalue weighted by Gasteiger charge is -2.51. The highest BCUT2D eigenvalue weighted by Crippen LogP contribution is 2.40. The summed E-state index contributed by atoms with van der Waals surface area (Å²) in [7, 11) is 0. The molecule has 2 saturated heterocycles. The summed E-state index contributed by atoms with van der Waals surface area (Å²) in [4.78, 5) is 0. The SMILES string of the molecule is C1=C[C@H]2O[C@H]3[C@H](OCc4ccccc4)[C@@H](OCc4ccccc4)[C@H](CCOCc4ccccc4)O[C@@H]3C[C@@H]2O[C@@H]2C=C[C@H](OCc3ccccc3)[C@@H](COCc3ccccc3)O[C@@H]12. The first kappa shape index (κ1) is 43.5. The molecule has 4 heterocycles. The predicted octanol–water partition coefficient (Wildman–Crippen LogP) is 9.14. The monoisotopic (exact) mass is 850 g/mol. The Bertz CT molecular complexity index is 2140. The lowest BCUT2D eigenvalue weighted by atomic mass is 9.86. The van der Waals surface area contributed by atoms with Gasteiger partial charge in [-0.25, -0.2) is 0 Å². The lowest BCUT2D eigenvalue weighted by Crippen LogP contribution is -2.64. The van der Waals surface area contributed by atoms with Crippen molar-refractivity contribution in [3.8, 4) is 0 Å². The highest BCUT2D eigenvalue weighted by Gasteiger charge is 2.53. The molecule has 0 N–H and O–H groups in total. The average molecular weight is 851 g/mol. The van der Waals surface area contributed by atoms with Crippen molar-refractivity contribution < 1.29 is 42.6 Å². The number of benzene rings is 5. The van der Waals surface area contributed by atoms with Crippen LogP contribution in [0.2, 0.25) is 0 Å². The second-order valence-corrected chi connectivity index (χ2v) is 16.7. The Morgan fingerprint density at radius 2 is 0.873 bits per heavy atom. The van der Waals surface area contributed by atoms with Gasteiger partial charge in [-0.15, -0.1) is 0 Å². The van der Waals surface area contributed by atoms with Gasteiger partial charge >= 0.3 is 0 Å². The highest BCUT2D eigenvalue weighted by molar-refractivity contribution is 5.19. The van der Waals surface area contributed by atoms with E-state index in [1.54, 1.807) is 0 Å². The Morgan fingerprint density at radius 1 is 0.397 bits per heavy atom. The van der Waals surface area contributed by atoms with Crippen LogP contribution < -0.4 is 0 Å². The van der Waals surface area contributed by atoms with Gasteiger partial charge in [0, 0.05) is 13.0 Å². The van der Waals surface area contributed by atoms with E-state index < -0.39 is 24.4 Å². The van der Waals surface area contributed by atoms with Gasteiger partial charge < -0.3 is 42.6 Å². The third-order valence-electron chi connectivity index (χ3n) is 12.1. The molecule has 5 aromatic carbocycles. The van der Waals surface area contributed by atoms with Crippen LogP contribution in [0.25, 0.3) is 0 Å². The zero-order chi connectivity index (χ0) is 42.5. The number of fused-ring (bicyclic) bond motifs is 3. The predicted molar refractivity (Wildman–Crippen MR) is 239 cm³/mol. The molecule has 4 aliphatic rings. The molecule has 5 aromatic rings. The third kappa shape index (κ3) is 11.9. The maximum absolute atomic E-state index is 7.07. The molecule has 0 unspecified atom stereocenters. The largest absolute Gasteiger partial charge is 0.377 e. The fraction of sp³-hybridized carbons (Fsp3) is 0.370. The van der Waals surface area contributed by atoms with Crippen molar-refractivity contribution in [3.05, 3.63) is 204 Å². The Morgan fingerprint density at radius 3 is 1.46 bits per heavy atom. The summed E-state index contributed by atoms with van der Waals surface area (Å²) in [5, 5.41) is 0. The maximum Gasteiger partial charge on any atom is 0.115 e. The molecule has 0 bridgehead atoms. The molecular formula is C54H58O9. The first-order chi connectivity index (χ1) is 31.2. The van der Waals surface area contributed by atoms with Crippen LogP contribution in [-0.4, -0.2) is 80.4 Å². The summed E-state index contributed by atoms with van der Waals surface area (Å²) in [5.74, 6) is 0. The summed E-state index contributed by atoms with van der Waals surface area (Å²) in [6.45, 7) is 3.10. The van der Waals surface area contributed by atoms with E-state index in [1.807, 2.05) is 91.0 Å². The topological polar surface area (TPSA) is 83.1 Å². The van der Waals surface area contributed by atoms with Gasteiger partial charge in [-0.05, 0) is 34.2 Å². The van der Waals surface area contributed by atoms with E-state index in [0.717, 1.165) is 27.8 Å². The van der Waals surface area contributed by atoms with Gasteiger partial charge in [0.2, 0.25) is 0 Å². The minimum atomic E-state index is -0.431. The molecule has 0 amide bonds. The van der Waals surface area contributed by atoms with Crippen LogP contribution >= 0.6 is 0 Å². The van der Waals surface area contributed by atoms with Gasteiger partial charge in [0.15, 0.2) is 0 Å². The zero-order valence-corrected chi connectivity index (χ0v) is 35.6. The quantitative estimate of drug-likeness (QED) is 0.0634. The molecule has 0 spiro atoms. The van der Waals surface area contributed by atoms with E-state index in [-0.39, 0.29) is 42.7 Å². The molecular weight excluding hydrogens is 793 g/mol. The second-order valence-electron chi connectivity index (χ2n) is 16.7. The first-order valence-corrected chi connectivity index (χ1v) is 22.4. The first-order valence-electron chi connectivity index (χ1n) is 22.4. The van der Waals surface area contributed by atoms with Gasteiger partial charge in [0.25, 0.3) is 0 Å². The number of rotatable bonds is 18. The minimum Gasteiger partial charge on any atom is -0.377 e. The van der Waals surface area contributed by atoms with E-state index in [1.165, 1.54) is 0 Å². The molecule has 11 atom stereocenters. The van der Waals surface area contributed by atoms with Crippen molar-refractivity contribution in [1.82, 2.24) is 0 Å². The van der Waals surface area contributed by atoms with Crippen LogP contribution in [0.3, 0.4) is 0 Å². The standard InChI is InChI=1S/C54H58O9/c1-6-16-39(17-7-1)33-55-31-30-48-52(58-36-42-22-12-4-13-23-42)54(59-37-43-24-14-5-15-25-43)53-50(62-48)32-49-47(63-53)29-28-46-45(60-49)27-26-44(57-35-41-20-10-3-11-21-41)51(61-46)38-56-34-40-18-8-2-9-19-40/h1-29,44-54H,30-38H2/t44-,45+,46-,47+,48-,49-,50+,51+,52-,53+,54+/m0/s1. The molecule has 4 aliphatic heterocycles. The van der Waals surface area contributed by atoms with Crippen LogP contribution in [0.5, 0.6) is 0 Å². The summed E-state index contributed by atoms with van der Waals surface area (Å²) in [5.41, 5.74) is 5.48. The van der Waals surface area contributed by atoms with Crippen molar-refractivity contribution in [2.75, 3.05) is 13.2 Å².